The first-order chi connectivity index (χ1) is 10.0. The average Bonchev–Trinajstić information content (AvgIpc) is 2.99. The second kappa shape index (κ2) is 6.54. The molecule has 21 heavy (non-hydrogen) atoms. The highest BCUT2D eigenvalue weighted by Crippen LogP contribution is 2.17. The lowest BCUT2D eigenvalue weighted by atomic mass is 10.3. The van der Waals surface area contributed by atoms with E-state index in [-0.39, 0.29) is 11.5 Å². The number of aromatic nitrogens is 1. The van der Waals surface area contributed by atoms with Crippen molar-refractivity contribution in [3.63, 3.8) is 0 Å². The molecule has 1 unspecified atom stereocenters. The molecule has 110 valence electrons. The molecule has 0 saturated heterocycles. The summed E-state index contributed by atoms with van der Waals surface area (Å²) in [6.07, 6.45) is 4.14. The zero-order valence-corrected chi connectivity index (χ0v) is 12.1. The maximum absolute atomic E-state index is 12.3. The van der Waals surface area contributed by atoms with E-state index in [0.717, 1.165) is 0 Å². The highest BCUT2D eigenvalue weighted by atomic mass is 32.2. The molecule has 0 saturated carbocycles. The van der Waals surface area contributed by atoms with Crippen LogP contribution in [0.2, 0.25) is 0 Å². The molecular formula is C14H14N2O4S. The summed E-state index contributed by atoms with van der Waals surface area (Å²) in [5, 5.41) is 8.65. The molecule has 7 heteroatoms. The molecule has 0 fully saturated rings. The first-order valence-corrected chi connectivity index (χ1v) is 7.62. The van der Waals surface area contributed by atoms with Gasteiger partial charge < -0.3 is 9.52 Å². The summed E-state index contributed by atoms with van der Waals surface area (Å²) in [6.45, 7) is 1.38. The van der Waals surface area contributed by atoms with Gasteiger partial charge in [0.15, 0.2) is 0 Å². The lowest BCUT2D eigenvalue weighted by Crippen LogP contribution is -2.26. The number of rotatable bonds is 4. The first kappa shape index (κ1) is 15.3. The molecule has 0 aromatic carbocycles. The van der Waals surface area contributed by atoms with Crippen molar-refractivity contribution < 1.29 is 17.9 Å². The molecule has 0 spiro atoms. The van der Waals surface area contributed by atoms with Crippen LogP contribution in [0.4, 0.5) is 0 Å². The fourth-order valence-electron chi connectivity index (χ4n) is 1.67. The molecule has 0 amide bonds. The molecule has 2 aromatic heterocycles. The minimum absolute atomic E-state index is 0.00523. The van der Waals surface area contributed by atoms with Crippen molar-refractivity contribution >= 4 is 10.0 Å². The van der Waals surface area contributed by atoms with Crippen LogP contribution >= 0.6 is 0 Å². The first-order valence-electron chi connectivity index (χ1n) is 6.13. The van der Waals surface area contributed by atoms with Gasteiger partial charge in [-0.25, -0.2) is 13.1 Å². The second-order valence-corrected chi connectivity index (χ2v) is 5.94. The molecule has 6 nitrogen and oxygen atoms in total. The number of nitrogens with one attached hydrogen (secondary N) is 1. The van der Waals surface area contributed by atoms with E-state index in [9.17, 15) is 8.42 Å². The summed E-state index contributed by atoms with van der Waals surface area (Å²) in [5.74, 6) is 5.57. The quantitative estimate of drug-likeness (QED) is 0.824. The SMILES string of the molecule is CC(NS(=O)(=O)c1cncc(C#CCO)c1)c1ccco1. The van der Waals surface area contributed by atoms with E-state index in [2.05, 4.69) is 21.5 Å². The Morgan fingerprint density at radius 1 is 1.48 bits per heavy atom. The van der Waals surface area contributed by atoms with E-state index < -0.39 is 16.1 Å². The zero-order valence-electron chi connectivity index (χ0n) is 11.3. The van der Waals surface area contributed by atoms with E-state index in [0.29, 0.717) is 11.3 Å². The fraction of sp³-hybridized carbons (Fsp3) is 0.214. The van der Waals surface area contributed by atoms with Crippen molar-refractivity contribution in [2.24, 2.45) is 0 Å². The normalized spacial score (nSPS) is 12.5. The predicted octanol–water partition coefficient (Wildman–Crippen LogP) is 1.06. The summed E-state index contributed by atoms with van der Waals surface area (Å²) in [6, 6.07) is 4.27. The predicted molar refractivity (Wildman–Crippen MR) is 75.6 cm³/mol. The van der Waals surface area contributed by atoms with Gasteiger partial charge in [-0.3, -0.25) is 4.98 Å². The Balaban J connectivity index is 2.23. The third kappa shape index (κ3) is 3.92. The molecule has 2 rings (SSSR count). The molecule has 0 aliphatic heterocycles. The third-order valence-electron chi connectivity index (χ3n) is 2.64. The number of aliphatic hydroxyl groups excluding tert-OH is 1. The van der Waals surface area contributed by atoms with Crippen LogP contribution in [-0.4, -0.2) is 25.1 Å². The van der Waals surface area contributed by atoms with Gasteiger partial charge in [0, 0.05) is 18.0 Å². The maximum atomic E-state index is 12.3. The summed E-state index contributed by atoms with van der Waals surface area (Å²) < 4.78 is 32.2. The molecule has 1 atom stereocenters. The van der Waals surface area contributed by atoms with Gasteiger partial charge in [0.2, 0.25) is 10.0 Å². The molecule has 2 N–H and O–H groups in total. The molecule has 0 bridgehead atoms. The highest BCUT2D eigenvalue weighted by Gasteiger charge is 2.20. The molecule has 0 aliphatic carbocycles. The van der Waals surface area contributed by atoms with Gasteiger partial charge in [-0.2, -0.15) is 0 Å². The summed E-state index contributed by atoms with van der Waals surface area (Å²) in [5.41, 5.74) is 0.414. The van der Waals surface area contributed by atoms with Crippen molar-refractivity contribution in [2.75, 3.05) is 6.61 Å². The number of furan rings is 1. The van der Waals surface area contributed by atoms with E-state index in [1.807, 2.05) is 0 Å². The minimum atomic E-state index is -3.74. The number of nitrogens with zero attached hydrogens (tertiary/aromatic N) is 1. The number of hydrogen-bond acceptors (Lipinski definition) is 5. The number of sulfonamides is 1. The van der Waals surface area contributed by atoms with Crippen LogP contribution < -0.4 is 4.72 Å². The number of aliphatic hydroxyl groups is 1. The van der Waals surface area contributed by atoms with Gasteiger partial charge in [0.05, 0.1) is 12.3 Å². The average molecular weight is 306 g/mol. The van der Waals surface area contributed by atoms with Gasteiger partial charge in [-0.15, -0.1) is 0 Å². The Bertz CT molecular complexity index is 758. The van der Waals surface area contributed by atoms with Crippen molar-refractivity contribution in [1.82, 2.24) is 9.71 Å². The Hall–Kier alpha value is -2.14. The van der Waals surface area contributed by atoms with Crippen molar-refractivity contribution in [3.8, 4) is 11.8 Å². The Morgan fingerprint density at radius 3 is 2.95 bits per heavy atom. The zero-order chi connectivity index (χ0) is 15.3. The van der Waals surface area contributed by atoms with Gasteiger partial charge in [0.1, 0.15) is 17.3 Å². The highest BCUT2D eigenvalue weighted by molar-refractivity contribution is 7.89. The van der Waals surface area contributed by atoms with E-state index in [1.54, 1.807) is 19.1 Å². The second-order valence-electron chi connectivity index (χ2n) is 4.23. The van der Waals surface area contributed by atoms with Crippen LogP contribution in [0.25, 0.3) is 0 Å². The van der Waals surface area contributed by atoms with Crippen molar-refractivity contribution in [3.05, 3.63) is 48.2 Å². The van der Waals surface area contributed by atoms with Crippen molar-refractivity contribution in [1.29, 1.82) is 0 Å². The Labute approximate surface area is 122 Å². The van der Waals surface area contributed by atoms with Crippen molar-refractivity contribution in [2.45, 2.75) is 17.9 Å². The van der Waals surface area contributed by atoms with Gasteiger partial charge in [0.25, 0.3) is 0 Å². The molecule has 0 radical (unpaired) electrons. The molecule has 0 aliphatic rings. The van der Waals surface area contributed by atoms with Crippen LogP contribution in [0.15, 0.2) is 46.2 Å². The topological polar surface area (TPSA) is 92.4 Å². The number of hydrogen-bond donors (Lipinski definition) is 2. The van der Waals surface area contributed by atoms with Crippen LogP contribution in [0.5, 0.6) is 0 Å². The van der Waals surface area contributed by atoms with E-state index in [1.165, 1.54) is 24.7 Å². The summed E-state index contributed by atoms with van der Waals surface area (Å²) in [7, 11) is -3.74. The number of pyridine rings is 1. The Kier molecular flexibility index (Phi) is 4.75. The minimum Gasteiger partial charge on any atom is -0.468 e. The lowest BCUT2D eigenvalue weighted by Gasteiger charge is -2.11. The van der Waals surface area contributed by atoms with Gasteiger partial charge in [-0.1, -0.05) is 11.8 Å². The van der Waals surface area contributed by atoms with Crippen LogP contribution in [0.3, 0.4) is 0 Å². The molecule has 2 aromatic rings. The van der Waals surface area contributed by atoms with Gasteiger partial charge in [-0.05, 0) is 25.1 Å². The monoisotopic (exact) mass is 306 g/mol. The fourth-order valence-corrected chi connectivity index (χ4v) is 2.87. The largest absolute Gasteiger partial charge is 0.468 e. The summed E-state index contributed by atoms with van der Waals surface area (Å²) >= 11 is 0. The summed E-state index contributed by atoms with van der Waals surface area (Å²) in [4.78, 5) is 3.85. The Morgan fingerprint density at radius 2 is 2.29 bits per heavy atom. The van der Waals surface area contributed by atoms with Crippen LogP contribution in [0.1, 0.15) is 24.3 Å². The van der Waals surface area contributed by atoms with Gasteiger partial charge >= 0.3 is 0 Å². The van der Waals surface area contributed by atoms with E-state index >= 15 is 0 Å². The molecule has 2 heterocycles. The maximum Gasteiger partial charge on any atom is 0.242 e. The third-order valence-corrected chi connectivity index (χ3v) is 4.14. The van der Waals surface area contributed by atoms with Crippen LogP contribution in [-0.2, 0) is 10.0 Å². The van der Waals surface area contributed by atoms with Crippen LogP contribution in [0, 0.1) is 11.8 Å². The smallest absolute Gasteiger partial charge is 0.242 e. The van der Waals surface area contributed by atoms with E-state index in [4.69, 9.17) is 9.52 Å². The lowest BCUT2D eigenvalue weighted by molar-refractivity contribution is 0.350. The molecular weight excluding hydrogens is 292 g/mol. The standard InChI is InChI=1S/C14H14N2O4S/c1-11(14-5-3-7-20-14)16-21(18,19)13-8-12(4-2-6-17)9-15-10-13/h3,5,7-11,16-17H,6H2,1H3.